The van der Waals surface area contributed by atoms with Crippen molar-refractivity contribution >= 4 is 11.4 Å². The standard InChI is InChI=1S/C14H15N3/c1-2-4-11(5-3-1)12-8-16-13-6-7-15-10-14(13)17-9-12/h1-7,10,12,16-17H,8-9H2. The topological polar surface area (TPSA) is 37.0 Å². The summed E-state index contributed by atoms with van der Waals surface area (Å²) in [6.45, 7) is 1.89. The molecule has 3 heteroatoms. The molecule has 17 heavy (non-hydrogen) atoms. The number of nitrogens with zero attached hydrogens (tertiary/aromatic N) is 1. The number of hydrogen-bond donors (Lipinski definition) is 2. The number of rotatable bonds is 1. The Kier molecular flexibility index (Phi) is 2.66. The normalized spacial score (nSPS) is 18.5. The van der Waals surface area contributed by atoms with E-state index in [1.54, 1.807) is 0 Å². The lowest BCUT2D eigenvalue weighted by molar-refractivity contribution is 0.767. The SMILES string of the molecule is c1ccc(C2CNc3ccncc3NC2)cc1. The molecular formula is C14H15N3. The minimum absolute atomic E-state index is 0.489. The molecule has 1 aromatic carbocycles. The van der Waals surface area contributed by atoms with E-state index in [0.717, 1.165) is 24.5 Å². The van der Waals surface area contributed by atoms with Crippen LogP contribution in [0.15, 0.2) is 48.8 Å². The van der Waals surface area contributed by atoms with Gasteiger partial charge in [-0.1, -0.05) is 30.3 Å². The maximum Gasteiger partial charge on any atom is 0.0762 e. The van der Waals surface area contributed by atoms with Crippen molar-refractivity contribution in [2.45, 2.75) is 5.92 Å². The highest BCUT2D eigenvalue weighted by atomic mass is 15.0. The van der Waals surface area contributed by atoms with E-state index < -0.39 is 0 Å². The van der Waals surface area contributed by atoms with Crippen molar-refractivity contribution in [3.8, 4) is 0 Å². The van der Waals surface area contributed by atoms with Crippen molar-refractivity contribution < 1.29 is 0 Å². The molecule has 1 aliphatic heterocycles. The third-order valence-corrected chi connectivity index (χ3v) is 3.17. The van der Waals surface area contributed by atoms with E-state index in [2.05, 4.69) is 45.9 Å². The summed E-state index contributed by atoms with van der Waals surface area (Å²) >= 11 is 0. The summed E-state index contributed by atoms with van der Waals surface area (Å²) in [6, 6.07) is 12.6. The summed E-state index contributed by atoms with van der Waals surface area (Å²) in [5.41, 5.74) is 3.60. The van der Waals surface area contributed by atoms with Crippen LogP contribution in [0.3, 0.4) is 0 Å². The Morgan fingerprint density at radius 2 is 1.71 bits per heavy atom. The average Bonchev–Trinajstić information content (AvgIpc) is 2.62. The quantitative estimate of drug-likeness (QED) is 0.783. The fraction of sp³-hybridized carbons (Fsp3) is 0.214. The first-order chi connectivity index (χ1) is 8.43. The van der Waals surface area contributed by atoms with Gasteiger partial charge in [0.1, 0.15) is 0 Å². The van der Waals surface area contributed by atoms with Crippen molar-refractivity contribution in [3.05, 3.63) is 54.4 Å². The lowest BCUT2D eigenvalue weighted by Crippen LogP contribution is -2.16. The molecule has 86 valence electrons. The Bertz CT molecular complexity index is 469. The van der Waals surface area contributed by atoms with Gasteiger partial charge in [-0.2, -0.15) is 0 Å². The fourth-order valence-corrected chi connectivity index (χ4v) is 2.19. The van der Waals surface area contributed by atoms with Gasteiger partial charge in [0.25, 0.3) is 0 Å². The second kappa shape index (κ2) is 4.45. The van der Waals surface area contributed by atoms with Gasteiger partial charge >= 0.3 is 0 Å². The van der Waals surface area contributed by atoms with Gasteiger partial charge in [0, 0.05) is 25.2 Å². The molecule has 1 aliphatic rings. The van der Waals surface area contributed by atoms with Crippen LogP contribution in [0.5, 0.6) is 0 Å². The molecule has 0 bridgehead atoms. The first-order valence-corrected chi connectivity index (χ1v) is 5.90. The summed E-state index contributed by atoms with van der Waals surface area (Å²) in [5, 5.41) is 6.92. The Labute approximate surface area is 101 Å². The highest BCUT2D eigenvalue weighted by Gasteiger charge is 2.16. The number of anilines is 2. The molecule has 2 heterocycles. The van der Waals surface area contributed by atoms with Gasteiger partial charge in [0.2, 0.25) is 0 Å². The first kappa shape index (κ1) is 10.1. The molecule has 0 radical (unpaired) electrons. The molecule has 0 amide bonds. The van der Waals surface area contributed by atoms with Crippen LogP contribution in [-0.2, 0) is 0 Å². The smallest absolute Gasteiger partial charge is 0.0762 e. The molecule has 1 atom stereocenters. The molecular weight excluding hydrogens is 210 g/mol. The second-order valence-corrected chi connectivity index (χ2v) is 4.29. The van der Waals surface area contributed by atoms with E-state index >= 15 is 0 Å². The molecule has 1 aromatic heterocycles. The summed E-state index contributed by atoms with van der Waals surface area (Å²) in [6.07, 6.45) is 3.69. The second-order valence-electron chi connectivity index (χ2n) is 4.29. The highest BCUT2D eigenvalue weighted by Crippen LogP contribution is 2.26. The number of aromatic nitrogens is 1. The summed E-state index contributed by atoms with van der Waals surface area (Å²) in [5.74, 6) is 0.489. The van der Waals surface area contributed by atoms with Gasteiger partial charge in [0.15, 0.2) is 0 Å². The Morgan fingerprint density at radius 3 is 2.53 bits per heavy atom. The number of fused-ring (bicyclic) bond motifs is 1. The molecule has 0 aliphatic carbocycles. The Balaban J connectivity index is 1.82. The molecule has 0 spiro atoms. The van der Waals surface area contributed by atoms with Crippen LogP contribution in [-0.4, -0.2) is 18.1 Å². The Hall–Kier alpha value is -2.03. The lowest BCUT2D eigenvalue weighted by Gasteiger charge is -2.14. The van der Waals surface area contributed by atoms with Crippen LogP contribution in [0.4, 0.5) is 11.4 Å². The zero-order valence-corrected chi connectivity index (χ0v) is 9.56. The van der Waals surface area contributed by atoms with Gasteiger partial charge < -0.3 is 10.6 Å². The number of pyridine rings is 1. The van der Waals surface area contributed by atoms with Gasteiger partial charge in [0.05, 0.1) is 17.6 Å². The molecule has 0 saturated carbocycles. The third-order valence-electron chi connectivity index (χ3n) is 3.17. The van der Waals surface area contributed by atoms with E-state index in [9.17, 15) is 0 Å². The largest absolute Gasteiger partial charge is 0.383 e. The molecule has 1 unspecified atom stereocenters. The van der Waals surface area contributed by atoms with Crippen LogP contribution >= 0.6 is 0 Å². The van der Waals surface area contributed by atoms with E-state index in [1.165, 1.54) is 5.56 Å². The minimum Gasteiger partial charge on any atom is -0.383 e. The zero-order chi connectivity index (χ0) is 11.5. The Morgan fingerprint density at radius 1 is 0.941 bits per heavy atom. The molecule has 3 nitrogen and oxygen atoms in total. The predicted octanol–water partition coefficient (Wildman–Crippen LogP) is 2.70. The predicted molar refractivity (Wildman–Crippen MR) is 70.4 cm³/mol. The van der Waals surface area contributed by atoms with E-state index in [0.29, 0.717) is 5.92 Å². The monoisotopic (exact) mass is 225 g/mol. The van der Waals surface area contributed by atoms with Crippen LogP contribution < -0.4 is 10.6 Å². The van der Waals surface area contributed by atoms with Crippen LogP contribution in [0.1, 0.15) is 11.5 Å². The van der Waals surface area contributed by atoms with Crippen molar-refractivity contribution in [2.75, 3.05) is 23.7 Å². The number of hydrogen-bond acceptors (Lipinski definition) is 3. The molecule has 2 N–H and O–H groups in total. The van der Waals surface area contributed by atoms with Crippen molar-refractivity contribution in [1.29, 1.82) is 0 Å². The maximum absolute atomic E-state index is 4.13. The molecule has 2 aromatic rings. The third kappa shape index (κ3) is 2.09. The first-order valence-electron chi connectivity index (χ1n) is 5.90. The van der Waals surface area contributed by atoms with Crippen LogP contribution in [0.25, 0.3) is 0 Å². The maximum atomic E-state index is 4.13. The minimum atomic E-state index is 0.489. The van der Waals surface area contributed by atoms with Crippen LogP contribution in [0, 0.1) is 0 Å². The fourth-order valence-electron chi connectivity index (χ4n) is 2.19. The van der Waals surface area contributed by atoms with Gasteiger partial charge in [-0.3, -0.25) is 4.98 Å². The lowest BCUT2D eigenvalue weighted by atomic mass is 9.99. The van der Waals surface area contributed by atoms with Gasteiger partial charge in [-0.05, 0) is 11.6 Å². The van der Waals surface area contributed by atoms with Gasteiger partial charge in [-0.25, -0.2) is 0 Å². The van der Waals surface area contributed by atoms with E-state index in [-0.39, 0.29) is 0 Å². The highest BCUT2D eigenvalue weighted by molar-refractivity contribution is 5.68. The summed E-state index contributed by atoms with van der Waals surface area (Å²) in [7, 11) is 0. The van der Waals surface area contributed by atoms with Crippen molar-refractivity contribution in [2.24, 2.45) is 0 Å². The number of nitrogens with one attached hydrogen (secondary N) is 2. The zero-order valence-electron chi connectivity index (χ0n) is 9.56. The van der Waals surface area contributed by atoms with Crippen molar-refractivity contribution in [3.63, 3.8) is 0 Å². The summed E-state index contributed by atoms with van der Waals surface area (Å²) < 4.78 is 0. The number of benzene rings is 1. The molecule has 0 fully saturated rings. The van der Waals surface area contributed by atoms with Crippen molar-refractivity contribution in [1.82, 2.24) is 4.98 Å². The van der Waals surface area contributed by atoms with Gasteiger partial charge in [-0.15, -0.1) is 0 Å². The average molecular weight is 225 g/mol. The molecule has 3 rings (SSSR count). The summed E-state index contributed by atoms with van der Waals surface area (Å²) in [4.78, 5) is 4.13. The van der Waals surface area contributed by atoms with E-state index in [1.807, 2.05) is 18.5 Å². The molecule has 0 saturated heterocycles. The van der Waals surface area contributed by atoms with E-state index in [4.69, 9.17) is 0 Å². The van der Waals surface area contributed by atoms with Crippen LogP contribution in [0.2, 0.25) is 0 Å².